The second kappa shape index (κ2) is 5.42. The van der Waals surface area contributed by atoms with Crippen molar-refractivity contribution in [2.45, 2.75) is 18.3 Å². The average Bonchev–Trinajstić information content (AvgIpc) is 3.03. The second-order valence-corrected chi connectivity index (χ2v) is 6.34. The highest BCUT2D eigenvalue weighted by atomic mass is 35.5. The van der Waals surface area contributed by atoms with Crippen molar-refractivity contribution in [2.24, 2.45) is 5.41 Å². The topological polar surface area (TPSA) is 21.3 Å². The van der Waals surface area contributed by atoms with E-state index in [0.717, 1.165) is 26.1 Å². The van der Waals surface area contributed by atoms with Crippen molar-refractivity contribution in [3.05, 3.63) is 33.8 Å². The highest BCUT2D eigenvalue weighted by Crippen LogP contribution is 2.67. The normalized spacial score (nSPS) is 32.4. The zero-order chi connectivity index (χ0) is 12.8. The molecule has 0 aromatic heterocycles. The summed E-state index contributed by atoms with van der Waals surface area (Å²) in [6.45, 7) is 2.90. The molecule has 2 fully saturated rings. The van der Waals surface area contributed by atoms with Gasteiger partial charge in [0.25, 0.3) is 0 Å². The third-order valence-electron chi connectivity index (χ3n) is 4.62. The first-order valence-corrected chi connectivity index (χ1v) is 7.04. The van der Waals surface area contributed by atoms with Gasteiger partial charge in [0.2, 0.25) is 0 Å². The number of piperidine rings is 1. The lowest BCUT2D eigenvalue weighted by molar-refractivity contribution is 0.116. The quantitative estimate of drug-likeness (QED) is 0.916. The molecule has 0 radical (unpaired) electrons. The molecule has 1 N–H and O–H groups in total. The number of hydrogen-bond donors (Lipinski definition) is 1. The summed E-state index contributed by atoms with van der Waals surface area (Å²) in [5, 5.41) is 4.76. The fourth-order valence-electron chi connectivity index (χ4n) is 3.61. The summed E-state index contributed by atoms with van der Waals surface area (Å²) >= 11 is 12.2. The van der Waals surface area contributed by atoms with Crippen LogP contribution in [0.25, 0.3) is 0 Å². The van der Waals surface area contributed by atoms with Gasteiger partial charge in [-0.25, -0.2) is 0 Å². The van der Waals surface area contributed by atoms with Crippen LogP contribution in [0.5, 0.6) is 0 Å². The first-order chi connectivity index (χ1) is 8.63. The maximum absolute atomic E-state index is 6.16. The fourth-order valence-corrected chi connectivity index (χ4v) is 3.91. The number of fused-ring (bicyclic) bond motifs is 1. The molecule has 1 saturated heterocycles. The monoisotopic (exact) mass is 321 g/mol. The molecule has 1 aliphatic carbocycles. The summed E-state index contributed by atoms with van der Waals surface area (Å²) in [6, 6.07) is 6.06. The van der Waals surface area contributed by atoms with Gasteiger partial charge in [-0.15, -0.1) is 12.4 Å². The highest BCUT2D eigenvalue weighted by Gasteiger charge is 2.68. The highest BCUT2D eigenvalue weighted by molar-refractivity contribution is 6.42. The third kappa shape index (κ3) is 2.28. The Kier molecular flexibility index (Phi) is 4.39. The van der Waals surface area contributed by atoms with E-state index < -0.39 is 0 Å². The Morgan fingerprint density at radius 3 is 2.79 bits per heavy atom. The minimum Gasteiger partial charge on any atom is -0.384 e. The first-order valence-electron chi connectivity index (χ1n) is 6.29. The van der Waals surface area contributed by atoms with Gasteiger partial charge in [-0.1, -0.05) is 29.3 Å². The van der Waals surface area contributed by atoms with Crippen molar-refractivity contribution in [1.82, 2.24) is 5.32 Å². The molecule has 19 heavy (non-hydrogen) atoms. The predicted octanol–water partition coefficient (Wildman–Crippen LogP) is 3.68. The van der Waals surface area contributed by atoms with E-state index in [1.807, 2.05) is 12.1 Å². The van der Waals surface area contributed by atoms with E-state index in [0.29, 0.717) is 10.0 Å². The van der Waals surface area contributed by atoms with Gasteiger partial charge in [-0.2, -0.15) is 0 Å². The van der Waals surface area contributed by atoms with E-state index in [9.17, 15) is 0 Å². The molecule has 1 saturated carbocycles. The number of hydrogen-bond acceptors (Lipinski definition) is 2. The summed E-state index contributed by atoms with van der Waals surface area (Å²) in [6.07, 6.45) is 2.33. The molecule has 2 unspecified atom stereocenters. The first kappa shape index (κ1) is 15.4. The fraction of sp³-hybridized carbons (Fsp3) is 0.571. The van der Waals surface area contributed by atoms with Gasteiger partial charge in [-0.05, 0) is 37.1 Å². The number of methoxy groups -OCH3 is 1. The third-order valence-corrected chi connectivity index (χ3v) is 5.35. The number of ether oxygens (including phenoxy) is 1. The Balaban J connectivity index is 0.00000133. The molecule has 1 aromatic rings. The minimum absolute atomic E-state index is 0. The molecule has 0 bridgehead atoms. The van der Waals surface area contributed by atoms with Crippen molar-refractivity contribution in [1.29, 1.82) is 0 Å². The molecule has 1 aromatic carbocycles. The zero-order valence-corrected chi connectivity index (χ0v) is 13.2. The van der Waals surface area contributed by atoms with E-state index in [1.54, 1.807) is 7.11 Å². The SMILES string of the molecule is COCC12CNCCC1(c1ccc(Cl)c(Cl)c1)C2.Cl. The Hall–Kier alpha value is 0.01000. The summed E-state index contributed by atoms with van der Waals surface area (Å²) in [5.41, 5.74) is 1.80. The Bertz CT molecular complexity index is 478. The predicted molar refractivity (Wildman–Crippen MR) is 81.8 cm³/mol. The summed E-state index contributed by atoms with van der Waals surface area (Å²) in [5.74, 6) is 0. The number of benzene rings is 1. The van der Waals surface area contributed by atoms with Crippen molar-refractivity contribution in [3.8, 4) is 0 Å². The van der Waals surface area contributed by atoms with Crippen LogP contribution in [0.3, 0.4) is 0 Å². The van der Waals surface area contributed by atoms with Gasteiger partial charge in [0.05, 0.1) is 16.7 Å². The molecule has 2 atom stereocenters. The molecule has 1 aliphatic heterocycles. The number of halogens is 3. The largest absolute Gasteiger partial charge is 0.384 e. The van der Waals surface area contributed by atoms with E-state index in [4.69, 9.17) is 27.9 Å². The van der Waals surface area contributed by atoms with Crippen LogP contribution in [0, 0.1) is 5.41 Å². The standard InChI is InChI=1S/C14H17Cl2NO.ClH/c1-18-9-13-7-14(13,4-5-17-8-13)10-2-3-11(15)12(16)6-10;/h2-3,6,17H,4-5,7-9H2,1H3;1H. The van der Waals surface area contributed by atoms with Crippen LogP contribution in [-0.2, 0) is 10.2 Å². The van der Waals surface area contributed by atoms with Gasteiger partial charge in [0.1, 0.15) is 0 Å². The van der Waals surface area contributed by atoms with E-state index in [2.05, 4.69) is 11.4 Å². The molecule has 0 amide bonds. The zero-order valence-electron chi connectivity index (χ0n) is 10.8. The molecule has 0 spiro atoms. The van der Waals surface area contributed by atoms with Crippen molar-refractivity contribution in [2.75, 3.05) is 26.8 Å². The van der Waals surface area contributed by atoms with Crippen LogP contribution in [0.1, 0.15) is 18.4 Å². The van der Waals surface area contributed by atoms with Crippen LogP contribution in [0.15, 0.2) is 18.2 Å². The Morgan fingerprint density at radius 2 is 2.11 bits per heavy atom. The maximum Gasteiger partial charge on any atom is 0.0595 e. The average molecular weight is 323 g/mol. The molecule has 2 nitrogen and oxygen atoms in total. The second-order valence-electron chi connectivity index (χ2n) is 5.53. The van der Waals surface area contributed by atoms with Gasteiger partial charge in [0.15, 0.2) is 0 Å². The van der Waals surface area contributed by atoms with Gasteiger partial charge >= 0.3 is 0 Å². The Labute approximate surface area is 130 Å². The molecular weight excluding hydrogens is 305 g/mol. The van der Waals surface area contributed by atoms with Crippen molar-refractivity contribution < 1.29 is 4.74 Å². The van der Waals surface area contributed by atoms with Gasteiger partial charge in [0, 0.05) is 24.5 Å². The van der Waals surface area contributed by atoms with Crippen LogP contribution >= 0.6 is 35.6 Å². The van der Waals surface area contributed by atoms with Gasteiger partial charge in [-0.3, -0.25) is 0 Å². The van der Waals surface area contributed by atoms with E-state index in [1.165, 1.54) is 12.0 Å². The minimum atomic E-state index is 0. The van der Waals surface area contributed by atoms with Crippen LogP contribution in [-0.4, -0.2) is 26.8 Å². The summed E-state index contributed by atoms with van der Waals surface area (Å²) in [7, 11) is 1.78. The van der Waals surface area contributed by atoms with Crippen LogP contribution < -0.4 is 5.32 Å². The van der Waals surface area contributed by atoms with Crippen molar-refractivity contribution >= 4 is 35.6 Å². The lowest BCUT2D eigenvalue weighted by atomic mass is 9.81. The molecular formula is C14H18Cl3NO. The number of rotatable bonds is 3. The molecule has 2 aliphatic rings. The molecule has 5 heteroatoms. The smallest absolute Gasteiger partial charge is 0.0595 e. The van der Waals surface area contributed by atoms with Gasteiger partial charge < -0.3 is 10.1 Å². The lowest BCUT2D eigenvalue weighted by Gasteiger charge is -2.31. The van der Waals surface area contributed by atoms with E-state index in [-0.39, 0.29) is 23.2 Å². The van der Waals surface area contributed by atoms with Crippen LogP contribution in [0.4, 0.5) is 0 Å². The van der Waals surface area contributed by atoms with Crippen molar-refractivity contribution in [3.63, 3.8) is 0 Å². The molecule has 106 valence electrons. The summed E-state index contributed by atoms with van der Waals surface area (Å²) < 4.78 is 5.43. The molecule has 3 rings (SSSR count). The number of nitrogens with one attached hydrogen (secondary N) is 1. The Morgan fingerprint density at radius 1 is 1.32 bits per heavy atom. The molecule has 1 heterocycles. The lowest BCUT2D eigenvalue weighted by Crippen LogP contribution is -2.40. The summed E-state index contributed by atoms with van der Waals surface area (Å²) in [4.78, 5) is 0. The van der Waals surface area contributed by atoms with E-state index >= 15 is 0 Å². The van der Waals surface area contributed by atoms with Crippen LogP contribution in [0.2, 0.25) is 10.0 Å². The maximum atomic E-state index is 6.16.